The molecule has 6 nitrogen and oxygen atoms in total. The van der Waals surface area contributed by atoms with Crippen molar-refractivity contribution >= 4 is 15.7 Å². The van der Waals surface area contributed by atoms with Crippen LogP contribution in [-0.2, 0) is 14.6 Å². The van der Waals surface area contributed by atoms with Crippen LogP contribution < -0.4 is 5.32 Å². The van der Waals surface area contributed by atoms with Crippen molar-refractivity contribution in [2.75, 3.05) is 5.75 Å². The SMILES string of the molecule is Cc1cc(-c2ccc(C)c(S(=O)(=O)CCC(=O)NC3CCCCCCC3)c2)on1. The number of benzene rings is 1. The first-order valence-electron chi connectivity index (χ1n) is 10.4. The van der Waals surface area contributed by atoms with Gasteiger partial charge in [0.1, 0.15) is 0 Å². The second-order valence-corrected chi connectivity index (χ2v) is 10.1. The number of carbonyl (C=O) groups is 1. The van der Waals surface area contributed by atoms with Gasteiger partial charge in [0.15, 0.2) is 15.6 Å². The fraction of sp³-hybridized carbons (Fsp3) is 0.545. The lowest BCUT2D eigenvalue weighted by Crippen LogP contribution is -2.36. The van der Waals surface area contributed by atoms with E-state index in [-0.39, 0.29) is 29.0 Å². The number of hydrogen-bond donors (Lipinski definition) is 1. The summed E-state index contributed by atoms with van der Waals surface area (Å²) in [5.74, 6) is 0.144. The Kier molecular flexibility index (Phi) is 7.11. The summed E-state index contributed by atoms with van der Waals surface area (Å²) in [6, 6.07) is 7.12. The number of carbonyl (C=O) groups excluding carboxylic acids is 1. The Morgan fingerprint density at radius 3 is 2.45 bits per heavy atom. The van der Waals surface area contributed by atoms with Gasteiger partial charge in [-0.1, -0.05) is 49.4 Å². The van der Waals surface area contributed by atoms with Gasteiger partial charge >= 0.3 is 0 Å². The van der Waals surface area contributed by atoms with E-state index in [9.17, 15) is 13.2 Å². The summed E-state index contributed by atoms with van der Waals surface area (Å²) in [7, 11) is -3.59. The molecule has 0 saturated heterocycles. The monoisotopic (exact) mass is 418 g/mol. The van der Waals surface area contributed by atoms with Crippen LogP contribution >= 0.6 is 0 Å². The van der Waals surface area contributed by atoms with E-state index in [1.165, 1.54) is 19.3 Å². The minimum atomic E-state index is -3.59. The third-order valence-electron chi connectivity index (χ3n) is 5.50. The number of nitrogens with zero attached hydrogens (tertiary/aromatic N) is 1. The van der Waals surface area contributed by atoms with Crippen LogP contribution in [0.4, 0.5) is 0 Å². The first kappa shape index (κ1) is 21.6. The summed E-state index contributed by atoms with van der Waals surface area (Å²) >= 11 is 0. The molecule has 0 unspecified atom stereocenters. The predicted molar refractivity (Wildman–Crippen MR) is 112 cm³/mol. The molecule has 0 spiro atoms. The minimum absolute atomic E-state index is 0.0239. The van der Waals surface area contributed by atoms with Crippen LogP contribution in [0.25, 0.3) is 11.3 Å². The van der Waals surface area contributed by atoms with Gasteiger partial charge in [-0.2, -0.15) is 0 Å². The summed E-state index contributed by atoms with van der Waals surface area (Å²) in [6.45, 7) is 3.57. The quantitative estimate of drug-likeness (QED) is 0.753. The number of aryl methyl sites for hydroxylation is 2. The number of sulfone groups is 1. The lowest BCUT2D eigenvalue weighted by atomic mass is 9.97. The number of aromatic nitrogens is 1. The molecule has 1 N–H and O–H groups in total. The van der Waals surface area contributed by atoms with Crippen molar-refractivity contribution in [1.29, 1.82) is 0 Å². The number of nitrogens with one attached hydrogen (secondary N) is 1. The van der Waals surface area contributed by atoms with E-state index in [2.05, 4.69) is 10.5 Å². The molecular formula is C22H30N2O4S. The molecule has 2 aromatic rings. The van der Waals surface area contributed by atoms with E-state index in [1.54, 1.807) is 25.1 Å². The predicted octanol–water partition coefficient (Wildman–Crippen LogP) is 4.35. The zero-order valence-electron chi connectivity index (χ0n) is 17.2. The van der Waals surface area contributed by atoms with Crippen molar-refractivity contribution in [3.05, 3.63) is 35.5 Å². The number of hydrogen-bond acceptors (Lipinski definition) is 5. The fourth-order valence-electron chi connectivity index (χ4n) is 3.83. The van der Waals surface area contributed by atoms with Crippen LogP contribution in [0.3, 0.4) is 0 Å². The Bertz CT molecular complexity index is 941. The molecule has 1 aromatic heterocycles. The van der Waals surface area contributed by atoms with Crippen LogP contribution in [0, 0.1) is 13.8 Å². The first-order chi connectivity index (χ1) is 13.8. The average Bonchev–Trinajstić information content (AvgIpc) is 3.09. The first-order valence-corrected chi connectivity index (χ1v) is 12.1. The van der Waals surface area contributed by atoms with Crippen LogP contribution in [0.5, 0.6) is 0 Å². The molecule has 1 saturated carbocycles. The number of amides is 1. The molecule has 158 valence electrons. The molecule has 29 heavy (non-hydrogen) atoms. The molecule has 0 radical (unpaired) electrons. The Labute approximate surface area is 173 Å². The molecule has 1 aliphatic carbocycles. The summed E-state index contributed by atoms with van der Waals surface area (Å²) in [6.07, 6.45) is 7.87. The van der Waals surface area contributed by atoms with Crippen molar-refractivity contribution < 1.29 is 17.7 Å². The highest BCUT2D eigenvalue weighted by molar-refractivity contribution is 7.91. The molecule has 1 fully saturated rings. The summed E-state index contributed by atoms with van der Waals surface area (Å²) in [5, 5.41) is 6.90. The summed E-state index contributed by atoms with van der Waals surface area (Å²) in [4.78, 5) is 12.6. The third kappa shape index (κ3) is 5.92. The molecule has 7 heteroatoms. The van der Waals surface area contributed by atoms with Gasteiger partial charge in [0.05, 0.1) is 16.3 Å². The maximum absolute atomic E-state index is 12.9. The van der Waals surface area contributed by atoms with Gasteiger partial charge in [0.25, 0.3) is 0 Å². The van der Waals surface area contributed by atoms with Crippen LogP contribution in [0.1, 0.15) is 62.6 Å². The number of rotatable bonds is 6. The van der Waals surface area contributed by atoms with Crippen LogP contribution in [0.15, 0.2) is 33.7 Å². The molecule has 0 aliphatic heterocycles. The fourth-order valence-corrected chi connectivity index (χ4v) is 5.36. The van der Waals surface area contributed by atoms with E-state index in [0.29, 0.717) is 16.9 Å². The van der Waals surface area contributed by atoms with E-state index >= 15 is 0 Å². The molecule has 1 heterocycles. The topological polar surface area (TPSA) is 89.3 Å². The summed E-state index contributed by atoms with van der Waals surface area (Å²) < 4.78 is 31.1. The van der Waals surface area contributed by atoms with Gasteiger partial charge in [-0.05, 0) is 38.3 Å². The van der Waals surface area contributed by atoms with Gasteiger partial charge < -0.3 is 9.84 Å². The van der Waals surface area contributed by atoms with Gasteiger partial charge in [-0.15, -0.1) is 0 Å². The maximum atomic E-state index is 12.9. The van der Waals surface area contributed by atoms with E-state index < -0.39 is 9.84 Å². The van der Waals surface area contributed by atoms with Crippen molar-refractivity contribution in [3.8, 4) is 11.3 Å². The standard InChI is InChI=1S/C22H30N2O4S/c1-16-10-11-18(20-14-17(2)24-28-20)15-21(16)29(26,27)13-12-22(25)23-19-8-6-4-3-5-7-9-19/h10-11,14-15,19H,3-9,12-13H2,1-2H3,(H,23,25). The van der Waals surface area contributed by atoms with Crippen LogP contribution in [0.2, 0.25) is 0 Å². The lowest BCUT2D eigenvalue weighted by Gasteiger charge is -2.21. The molecule has 1 amide bonds. The van der Waals surface area contributed by atoms with Gasteiger partial charge in [-0.25, -0.2) is 8.42 Å². The van der Waals surface area contributed by atoms with Crippen molar-refractivity contribution in [3.63, 3.8) is 0 Å². The van der Waals surface area contributed by atoms with E-state index in [1.807, 2.05) is 13.0 Å². The zero-order chi connectivity index (χ0) is 20.9. The smallest absolute Gasteiger partial charge is 0.221 e. The molecule has 0 bridgehead atoms. The Hall–Kier alpha value is -2.15. The second-order valence-electron chi connectivity index (χ2n) is 7.99. The lowest BCUT2D eigenvalue weighted by molar-refractivity contribution is -0.121. The van der Waals surface area contributed by atoms with Crippen molar-refractivity contribution in [2.45, 2.75) is 76.2 Å². The highest BCUT2D eigenvalue weighted by atomic mass is 32.2. The largest absolute Gasteiger partial charge is 0.356 e. The molecule has 1 aromatic carbocycles. The van der Waals surface area contributed by atoms with Gasteiger partial charge in [0, 0.05) is 24.1 Å². The normalized spacial score (nSPS) is 16.2. The Morgan fingerprint density at radius 1 is 1.10 bits per heavy atom. The second kappa shape index (κ2) is 9.57. The minimum Gasteiger partial charge on any atom is -0.356 e. The highest BCUT2D eigenvalue weighted by Crippen LogP contribution is 2.26. The van der Waals surface area contributed by atoms with E-state index in [4.69, 9.17) is 4.52 Å². The molecule has 1 aliphatic rings. The van der Waals surface area contributed by atoms with Crippen LogP contribution in [-0.4, -0.2) is 31.3 Å². The zero-order valence-corrected chi connectivity index (χ0v) is 18.1. The Balaban J connectivity index is 1.65. The van der Waals surface area contributed by atoms with Gasteiger partial charge in [0.2, 0.25) is 5.91 Å². The molecule has 3 rings (SSSR count). The Morgan fingerprint density at radius 2 is 1.79 bits per heavy atom. The van der Waals surface area contributed by atoms with Crippen molar-refractivity contribution in [2.24, 2.45) is 0 Å². The highest BCUT2D eigenvalue weighted by Gasteiger charge is 2.21. The molecule has 0 atom stereocenters. The molecular weight excluding hydrogens is 388 g/mol. The van der Waals surface area contributed by atoms with Crippen molar-refractivity contribution in [1.82, 2.24) is 10.5 Å². The summed E-state index contributed by atoms with van der Waals surface area (Å²) in [5.41, 5.74) is 2.05. The van der Waals surface area contributed by atoms with Gasteiger partial charge in [-0.3, -0.25) is 4.79 Å². The third-order valence-corrected chi connectivity index (χ3v) is 7.36. The maximum Gasteiger partial charge on any atom is 0.221 e. The van der Waals surface area contributed by atoms with E-state index in [0.717, 1.165) is 31.4 Å². The average molecular weight is 419 g/mol.